The second kappa shape index (κ2) is 2.84. The quantitative estimate of drug-likeness (QED) is 0.537. The topological polar surface area (TPSA) is 3.88 Å². The zero-order valence-corrected chi connectivity index (χ0v) is 8.33. The lowest BCUT2D eigenvalue weighted by molar-refractivity contribution is -0.645. The van der Waals surface area contributed by atoms with Gasteiger partial charge in [-0.1, -0.05) is 12.1 Å². The number of rotatable bonds is 0. The number of hydrogen-bond acceptors (Lipinski definition) is 0. The molecule has 0 radical (unpaired) electrons. The molecule has 0 unspecified atom stereocenters. The van der Waals surface area contributed by atoms with E-state index in [-0.39, 0.29) is 0 Å². The van der Waals surface area contributed by atoms with E-state index < -0.39 is 0 Å². The Morgan fingerprint density at radius 1 is 1.08 bits per heavy atom. The second-order valence-corrected chi connectivity index (χ2v) is 3.57. The van der Waals surface area contributed by atoms with E-state index in [0.717, 1.165) is 0 Å². The summed E-state index contributed by atoms with van der Waals surface area (Å²) in [6.45, 7) is 4.33. The number of aryl methyl sites for hydroxylation is 3. The fraction of sp³-hybridized carbons (Fsp3) is 0.250. The molecule has 0 bridgehead atoms. The highest BCUT2D eigenvalue weighted by Gasteiger charge is 2.08. The highest BCUT2D eigenvalue weighted by atomic mass is 14.9. The van der Waals surface area contributed by atoms with Crippen molar-refractivity contribution in [1.29, 1.82) is 0 Å². The maximum atomic E-state index is 2.18. The summed E-state index contributed by atoms with van der Waals surface area (Å²) in [4.78, 5) is 0. The third kappa shape index (κ3) is 1.21. The third-order valence-corrected chi connectivity index (χ3v) is 2.67. The zero-order chi connectivity index (χ0) is 9.42. The minimum atomic E-state index is 1.30. The lowest BCUT2D eigenvalue weighted by Gasteiger charge is -2.02. The minimum absolute atomic E-state index is 1.30. The van der Waals surface area contributed by atoms with Crippen molar-refractivity contribution in [2.75, 3.05) is 0 Å². The normalized spacial score (nSPS) is 10.7. The van der Waals surface area contributed by atoms with Gasteiger partial charge in [0.15, 0.2) is 6.20 Å². The van der Waals surface area contributed by atoms with Gasteiger partial charge in [0.05, 0.1) is 0 Å². The SMILES string of the molecule is Cc1c[n+](C)c2ccccc2c1C. The molecule has 0 aliphatic rings. The Morgan fingerprint density at radius 3 is 2.54 bits per heavy atom. The van der Waals surface area contributed by atoms with Gasteiger partial charge in [0.1, 0.15) is 7.05 Å². The van der Waals surface area contributed by atoms with Crippen molar-refractivity contribution >= 4 is 10.9 Å². The summed E-state index contributed by atoms with van der Waals surface area (Å²) in [6, 6.07) is 8.51. The summed E-state index contributed by atoms with van der Waals surface area (Å²) in [5.74, 6) is 0. The Bertz CT molecular complexity index is 458. The first-order valence-corrected chi connectivity index (χ1v) is 4.55. The molecule has 0 atom stereocenters. The van der Waals surface area contributed by atoms with Crippen LogP contribution in [0, 0.1) is 13.8 Å². The van der Waals surface area contributed by atoms with Gasteiger partial charge < -0.3 is 0 Å². The molecule has 0 spiro atoms. The maximum Gasteiger partial charge on any atom is 0.212 e. The van der Waals surface area contributed by atoms with Crippen molar-refractivity contribution in [2.45, 2.75) is 13.8 Å². The van der Waals surface area contributed by atoms with Gasteiger partial charge >= 0.3 is 0 Å². The summed E-state index contributed by atoms with van der Waals surface area (Å²) >= 11 is 0. The predicted molar refractivity (Wildman–Crippen MR) is 54.6 cm³/mol. The van der Waals surface area contributed by atoms with Crippen LogP contribution >= 0.6 is 0 Å². The second-order valence-electron chi connectivity index (χ2n) is 3.57. The molecule has 0 N–H and O–H groups in total. The summed E-state index contributed by atoms with van der Waals surface area (Å²) in [6.07, 6.45) is 2.18. The summed E-state index contributed by atoms with van der Waals surface area (Å²) in [5.41, 5.74) is 4.03. The van der Waals surface area contributed by atoms with Crippen LogP contribution < -0.4 is 4.57 Å². The monoisotopic (exact) mass is 172 g/mol. The zero-order valence-electron chi connectivity index (χ0n) is 8.33. The summed E-state index contributed by atoms with van der Waals surface area (Å²) in [7, 11) is 2.09. The van der Waals surface area contributed by atoms with Crippen LogP contribution in [-0.4, -0.2) is 0 Å². The van der Waals surface area contributed by atoms with Gasteiger partial charge in [0.25, 0.3) is 0 Å². The highest BCUT2D eigenvalue weighted by Crippen LogP contribution is 2.16. The van der Waals surface area contributed by atoms with E-state index in [0.29, 0.717) is 0 Å². The Balaban J connectivity index is 2.97. The summed E-state index contributed by atoms with van der Waals surface area (Å²) in [5, 5.41) is 1.35. The number of pyridine rings is 1. The van der Waals surface area contributed by atoms with Crippen LogP contribution in [-0.2, 0) is 7.05 Å². The molecule has 1 heteroatoms. The molecule has 1 heterocycles. The summed E-state index contributed by atoms with van der Waals surface area (Å²) < 4.78 is 2.18. The number of fused-ring (bicyclic) bond motifs is 1. The van der Waals surface area contributed by atoms with Crippen LogP contribution in [0.4, 0.5) is 0 Å². The molecule has 13 heavy (non-hydrogen) atoms. The highest BCUT2D eigenvalue weighted by molar-refractivity contribution is 5.79. The molecule has 2 rings (SSSR count). The molecule has 0 saturated heterocycles. The van der Waals surface area contributed by atoms with Crippen molar-refractivity contribution in [3.05, 3.63) is 41.6 Å². The largest absolute Gasteiger partial charge is 0.212 e. The van der Waals surface area contributed by atoms with E-state index in [1.165, 1.54) is 22.0 Å². The molecule has 1 nitrogen and oxygen atoms in total. The van der Waals surface area contributed by atoms with Gasteiger partial charge in [0, 0.05) is 17.0 Å². The molecule has 0 aliphatic heterocycles. The number of nitrogens with zero attached hydrogens (tertiary/aromatic N) is 1. The van der Waals surface area contributed by atoms with Crippen molar-refractivity contribution in [1.82, 2.24) is 0 Å². The molecule has 0 saturated carbocycles. The number of hydrogen-bond donors (Lipinski definition) is 0. The molecule has 1 aromatic heterocycles. The van der Waals surface area contributed by atoms with Gasteiger partial charge in [-0.2, -0.15) is 0 Å². The van der Waals surface area contributed by atoms with Gasteiger partial charge in [-0.25, -0.2) is 4.57 Å². The number of para-hydroxylation sites is 1. The molecule has 2 aromatic rings. The van der Waals surface area contributed by atoms with Crippen LogP contribution in [0.5, 0.6) is 0 Å². The minimum Gasteiger partial charge on any atom is -0.201 e. The number of benzene rings is 1. The van der Waals surface area contributed by atoms with E-state index in [4.69, 9.17) is 0 Å². The smallest absolute Gasteiger partial charge is 0.201 e. The Hall–Kier alpha value is -1.37. The molecular formula is C12H14N+. The maximum absolute atomic E-state index is 2.18. The third-order valence-electron chi connectivity index (χ3n) is 2.67. The van der Waals surface area contributed by atoms with Crippen LogP contribution in [0.25, 0.3) is 10.9 Å². The standard InChI is InChI=1S/C12H14N/c1-9-8-13(3)12-7-5-4-6-11(12)10(9)2/h4-8H,1-3H3/q+1. The van der Waals surface area contributed by atoms with Crippen molar-refractivity contribution in [2.24, 2.45) is 7.05 Å². The first-order valence-electron chi connectivity index (χ1n) is 4.55. The molecule has 1 aromatic carbocycles. The lowest BCUT2D eigenvalue weighted by atomic mass is 10.1. The molecular weight excluding hydrogens is 158 g/mol. The Labute approximate surface area is 78.6 Å². The van der Waals surface area contributed by atoms with Crippen molar-refractivity contribution < 1.29 is 4.57 Å². The van der Waals surface area contributed by atoms with E-state index in [1.54, 1.807) is 0 Å². The van der Waals surface area contributed by atoms with E-state index in [2.05, 4.69) is 55.9 Å². The van der Waals surface area contributed by atoms with Crippen LogP contribution in [0.15, 0.2) is 30.5 Å². The average molecular weight is 172 g/mol. The van der Waals surface area contributed by atoms with Gasteiger partial charge in [-0.05, 0) is 25.5 Å². The van der Waals surface area contributed by atoms with Crippen LogP contribution in [0.1, 0.15) is 11.1 Å². The first kappa shape index (κ1) is 8.24. The Morgan fingerprint density at radius 2 is 1.77 bits per heavy atom. The van der Waals surface area contributed by atoms with Gasteiger partial charge in [0.2, 0.25) is 5.52 Å². The Kier molecular flexibility index (Phi) is 1.80. The van der Waals surface area contributed by atoms with Crippen LogP contribution in [0.3, 0.4) is 0 Å². The number of aromatic nitrogens is 1. The van der Waals surface area contributed by atoms with Gasteiger partial charge in [-0.3, -0.25) is 0 Å². The molecule has 0 amide bonds. The predicted octanol–water partition coefficient (Wildman–Crippen LogP) is 2.28. The van der Waals surface area contributed by atoms with E-state index >= 15 is 0 Å². The fourth-order valence-corrected chi connectivity index (χ4v) is 1.77. The first-order chi connectivity index (χ1) is 6.20. The lowest BCUT2D eigenvalue weighted by Crippen LogP contribution is -2.29. The van der Waals surface area contributed by atoms with Crippen molar-refractivity contribution in [3.63, 3.8) is 0 Å². The van der Waals surface area contributed by atoms with Crippen LogP contribution in [0.2, 0.25) is 0 Å². The average Bonchev–Trinajstić information content (AvgIpc) is 2.15. The molecule has 0 aliphatic carbocycles. The molecule has 0 fully saturated rings. The fourth-order valence-electron chi connectivity index (χ4n) is 1.77. The van der Waals surface area contributed by atoms with E-state index in [1.807, 2.05) is 0 Å². The van der Waals surface area contributed by atoms with E-state index in [9.17, 15) is 0 Å². The van der Waals surface area contributed by atoms with Crippen molar-refractivity contribution in [3.8, 4) is 0 Å². The van der Waals surface area contributed by atoms with Gasteiger partial charge in [-0.15, -0.1) is 0 Å². The molecule has 66 valence electrons.